The molecule has 1 rings (SSSR count). The first-order valence-electron chi connectivity index (χ1n) is 10.2. The Morgan fingerprint density at radius 1 is 1.07 bits per heavy atom. The second-order valence-electron chi connectivity index (χ2n) is 10.3. The lowest BCUT2D eigenvalue weighted by Crippen LogP contribution is -2.60. The minimum atomic E-state index is -0.612. The number of nitrogens with zero attached hydrogens (tertiary/aromatic N) is 2. The number of nitrogens with one attached hydrogen (secondary N) is 2. The van der Waals surface area contributed by atoms with Crippen molar-refractivity contribution in [1.29, 1.82) is 0 Å². The zero-order valence-corrected chi connectivity index (χ0v) is 19.2. The first-order chi connectivity index (χ1) is 12.6. The monoisotopic (exact) mass is 396 g/mol. The first-order valence-corrected chi connectivity index (χ1v) is 10.2. The van der Waals surface area contributed by atoms with E-state index < -0.39 is 11.5 Å². The number of likely N-dealkylation sites (N-methyl/N-ethyl adjacent to an activating group) is 1. The van der Waals surface area contributed by atoms with Gasteiger partial charge >= 0.3 is 6.03 Å². The maximum absolute atomic E-state index is 13.1. The number of hydrogen-bond donors (Lipinski definition) is 2. The van der Waals surface area contributed by atoms with Crippen LogP contribution in [-0.2, 0) is 9.59 Å². The van der Waals surface area contributed by atoms with Gasteiger partial charge in [0, 0.05) is 33.1 Å². The van der Waals surface area contributed by atoms with E-state index in [9.17, 15) is 14.4 Å². The highest BCUT2D eigenvalue weighted by Gasteiger charge is 2.39. The molecule has 1 heterocycles. The van der Waals surface area contributed by atoms with Gasteiger partial charge in [0.25, 0.3) is 0 Å². The van der Waals surface area contributed by atoms with E-state index >= 15 is 0 Å². The lowest BCUT2D eigenvalue weighted by atomic mass is 9.85. The molecule has 1 fully saturated rings. The minimum absolute atomic E-state index is 0.0270. The molecule has 3 atom stereocenters. The van der Waals surface area contributed by atoms with Crippen molar-refractivity contribution in [1.82, 2.24) is 20.4 Å². The summed E-state index contributed by atoms with van der Waals surface area (Å²) in [5.41, 5.74) is -0.657. The second kappa shape index (κ2) is 9.14. The summed E-state index contributed by atoms with van der Waals surface area (Å²) in [5, 5.41) is 5.90. The fourth-order valence-corrected chi connectivity index (χ4v) is 3.34. The molecule has 2 N–H and O–H groups in total. The molecule has 0 radical (unpaired) electrons. The van der Waals surface area contributed by atoms with Gasteiger partial charge in [-0.25, -0.2) is 4.79 Å². The average molecular weight is 397 g/mol. The number of carbonyl (C=O) groups excluding carboxylic acids is 3. The van der Waals surface area contributed by atoms with Crippen LogP contribution in [0.2, 0.25) is 0 Å². The molecule has 162 valence electrons. The topological polar surface area (TPSA) is 81.8 Å². The van der Waals surface area contributed by atoms with Crippen molar-refractivity contribution in [3.05, 3.63) is 0 Å². The Labute approximate surface area is 170 Å². The maximum atomic E-state index is 13.1. The summed E-state index contributed by atoms with van der Waals surface area (Å²) in [4.78, 5) is 41.0. The van der Waals surface area contributed by atoms with E-state index in [1.165, 1.54) is 6.92 Å². The average Bonchev–Trinajstić information content (AvgIpc) is 2.95. The van der Waals surface area contributed by atoms with Crippen molar-refractivity contribution in [2.24, 2.45) is 10.8 Å². The highest BCUT2D eigenvalue weighted by Crippen LogP contribution is 2.26. The molecule has 0 aliphatic carbocycles. The summed E-state index contributed by atoms with van der Waals surface area (Å²) >= 11 is 0. The number of urea groups is 1. The van der Waals surface area contributed by atoms with Crippen LogP contribution >= 0.6 is 0 Å². The smallest absolute Gasteiger partial charge is 0.315 e. The van der Waals surface area contributed by atoms with E-state index in [0.29, 0.717) is 6.54 Å². The third-order valence-electron chi connectivity index (χ3n) is 5.57. The van der Waals surface area contributed by atoms with Crippen LogP contribution in [-0.4, -0.2) is 65.9 Å². The molecule has 28 heavy (non-hydrogen) atoms. The molecule has 0 aromatic carbocycles. The standard InChI is InChI=1S/C21H40N4O3/c1-14-11-10-12-25(14)18(27)17(21(6,7)8)23-19(28)22-16(20(3,4)5)13-24(9)15(2)26/h14,16-17H,10-13H2,1-9H3,(H2,22,23,28). The predicted octanol–water partition coefficient (Wildman–Crippen LogP) is 2.60. The van der Waals surface area contributed by atoms with Crippen LogP contribution in [0.4, 0.5) is 4.79 Å². The summed E-state index contributed by atoms with van der Waals surface area (Å²) in [5.74, 6) is -0.0805. The predicted molar refractivity (Wildman–Crippen MR) is 112 cm³/mol. The number of rotatable bonds is 5. The normalized spacial score (nSPS) is 19.8. The largest absolute Gasteiger partial charge is 0.344 e. The molecule has 0 aromatic heterocycles. The Hall–Kier alpha value is -1.79. The van der Waals surface area contributed by atoms with Gasteiger partial charge in [0.1, 0.15) is 6.04 Å². The molecule has 4 amide bonds. The van der Waals surface area contributed by atoms with E-state index in [-0.39, 0.29) is 35.3 Å². The fourth-order valence-electron chi connectivity index (χ4n) is 3.34. The maximum Gasteiger partial charge on any atom is 0.315 e. The van der Waals surface area contributed by atoms with Gasteiger partial charge in [-0.3, -0.25) is 9.59 Å². The zero-order chi connectivity index (χ0) is 21.9. The van der Waals surface area contributed by atoms with Crippen LogP contribution in [0.15, 0.2) is 0 Å². The molecule has 1 aliphatic rings. The molecule has 0 spiro atoms. The molecule has 7 heteroatoms. The van der Waals surface area contributed by atoms with Crippen LogP contribution in [0.3, 0.4) is 0 Å². The van der Waals surface area contributed by atoms with E-state index in [1.54, 1.807) is 11.9 Å². The van der Waals surface area contributed by atoms with Crippen LogP contribution in [0.25, 0.3) is 0 Å². The number of likely N-dealkylation sites (tertiary alicyclic amines) is 1. The van der Waals surface area contributed by atoms with E-state index in [4.69, 9.17) is 0 Å². The Bertz CT molecular complexity index is 577. The summed E-state index contributed by atoms with van der Waals surface area (Å²) in [6, 6.07) is -1.03. The van der Waals surface area contributed by atoms with Crippen LogP contribution in [0.5, 0.6) is 0 Å². The van der Waals surface area contributed by atoms with E-state index in [0.717, 1.165) is 19.4 Å². The van der Waals surface area contributed by atoms with Crippen molar-refractivity contribution in [2.45, 2.75) is 86.4 Å². The molecule has 0 aromatic rings. The third kappa shape index (κ3) is 6.67. The van der Waals surface area contributed by atoms with Gasteiger partial charge in [-0.05, 0) is 30.6 Å². The van der Waals surface area contributed by atoms with Crippen LogP contribution in [0, 0.1) is 10.8 Å². The summed E-state index contributed by atoms with van der Waals surface area (Å²) in [7, 11) is 1.72. The van der Waals surface area contributed by atoms with Crippen molar-refractivity contribution < 1.29 is 14.4 Å². The lowest BCUT2D eigenvalue weighted by molar-refractivity contribution is -0.136. The number of carbonyl (C=O) groups is 3. The highest BCUT2D eigenvalue weighted by atomic mass is 16.2. The molecule has 3 unspecified atom stereocenters. The number of hydrogen-bond acceptors (Lipinski definition) is 3. The van der Waals surface area contributed by atoms with Crippen molar-refractivity contribution in [3.63, 3.8) is 0 Å². The zero-order valence-electron chi connectivity index (χ0n) is 19.2. The lowest BCUT2D eigenvalue weighted by Gasteiger charge is -2.37. The van der Waals surface area contributed by atoms with Crippen molar-refractivity contribution in [3.8, 4) is 0 Å². The van der Waals surface area contributed by atoms with Gasteiger partial charge in [0.15, 0.2) is 0 Å². The molecular weight excluding hydrogens is 356 g/mol. The van der Waals surface area contributed by atoms with Gasteiger partial charge in [-0.2, -0.15) is 0 Å². The minimum Gasteiger partial charge on any atom is -0.344 e. The van der Waals surface area contributed by atoms with Crippen molar-refractivity contribution >= 4 is 17.8 Å². The number of amides is 4. The first kappa shape index (κ1) is 24.2. The second-order valence-corrected chi connectivity index (χ2v) is 10.3. The molecule has 1 saturated heterocycles. The van der Waals surface area contributed by atoms with Gasteiger partial charge in [0.05, 0.1) is 6.04 Å². The van der Waals surface area contributed by atoms with E-state index in [1.807, 2.05) is 46.4 Å². The van der Waals surface area contributed by atoms with Gasteiger partial charge < -0.3 is 20.4 Å². The molecule has 0 bridgehead atoms. The molecular formula is C21H40N4O3. The van der Waals surface area contributed by atoms with Crippen LogP contribution in [0.1, 0.15) is 68.2 Å². The summed E-state index contributed by atoms with van der Waals surface area (Å²) < 4.78 is 0. The molecule has 0 saturated carbocycles. The Morgan fingerprint density at radius 3 is 2.04 bits per heavy atom. The SMILES string of the molecule is CC(=O)N(C)CC(NC(=O)NC(C(=O)N1CCCC1C)C(C)(C)C)C(C)(C)C. The molecule has 1 aliphatic heterocycles. The Balaban J connectivity index is 2.91. The van der Waals surface area contributed by atoms with Crippen LogP contribution < -0.4 is 10.6 Å². The van der Waals surface area contributed by atoms with E-state index in [2.05, 4.69) is 17.6 Å². The summed E-state index contributed by atoms with van der Waals surface area (Å²) in [6.45, 7) is 16.6. The summed E-state index contributed by atoms with van der Waals surface area (Å²) in [6.07, 6.45) is 2.00. The van der Waals surface area contributed by atoms with Gasteiger partial charge in [-0.1, -0.05) is 41.5 Å². The Morgan fingerprint density at radius 2 is 1.64 bits per heavy atom. The highest BCUT2D eigenvalue weighted by molar-refractivity contribution is 5.88. The molecule has 7 nitrogen and oxygen atoms in total. The quantitative estimate of drug-likeness (QED) is 0.749. The van der Waals surface area contributed by atoms with Crippen molar-refractivity contribution in [2.75, 3.05) is 20.1 Å². The van der Waals surface area contributed by atoms with Gasteiger partial charge in [-0.15, -0.1) is 0 Å². The fraction of sp³-hybridized carbons (Fsp3) is 0.857. The Kier molecular flexibility index (Phi) is 7.91. The van der Waals surface area contributed by atoms with Gasteiger partial charge in [0.2, 0.25) is 11.8 Å². The third-order valence-corrected chi connectivity index (χ3v) is 5.57.